The maximum absolute atomic E-state index is 11.6. The predicted octanol–water partition coefficient (Wildman–Crippen LogP) is -0.151. The Balaban J connectivity index is 2.41. The quantitative estimate of drug-likeness (QED) is 0.498. The van der Waals surface area contributed by atoms with Gasteiger partial charge in [0.15, 0.2) is 5.69 Å². The van der Waals surface area contributed by atoms with Gasteiger partial charge in [-0.25, -0.2) is 18.5 Å². The molecule has 1 aromatic rings. The topological polar surface area (TPSA) is 170 Å². The number of primary sulfonamides is 1. The molecular formula is C11H8N4O6S. The number of aromatic nitrogens is 2. The van der Waals surface area contributed by atoms with Crippen molar-refractivity contribution in [2.45, 2.75) is 6.42 Å². The van der Waals surface area contributed by atoms with Crippen molar-refractivity contribution in [2.24, 2.45) is 5.14 Å². The van der Waals surface area contributed by atoms with Crippen molar-refractivity contribution in [3.63, 3.8) is 0 Å². The van der Waals surface area contributed by atoms with Crippen molar-refractivity contribution in [1.82, 2.24) is 9.97 Å². The summed E-state index contributed by atoms with van der Waals surface area (Å²) in [6, 6.07) is 0. The zero-order valence-corrected chi connectivity index (χ0v) is 11.5. The molecule has 0 saturated heterocycles. The average Bonchev–Trinajstić information content (AvgIpc) is 2.40. The molecule has 4 N–H and O–H groups in total. The second-order valence-corrected chi connectivity index (χ2v) is 6.13. The number of hydrogen-bond acceptors (Lipinski definition) is 8. The van der Waals surface area contributed by atoms with Gasteiger partial charge in [-0.3, -0.25) is 10.1 Å². The molecule has 0 atom stereocenters. The lowest BCUT2D eigenvalue weighted by Gasteiger charge is -2.22. The summed E-state index contributed by atoms with van der Waals surface area (Å²) < 4.78 is 23.2. The minimum Gasteiger partial charge on any atom is -0.489 e. The van der Waals surface area contributed by atoms with E-state index in [0.29, 0.717) is 5.57 Å². The third-order valence-corrected chi connectivity index (χ3v) is 4.26. The van der Waals surface area contributed by atoms with Gasteiger partial charge in [0.05, 0.1) is 15.4 Å². The Morgan fingerprint density at radius 3 is 2.32 bits per heavy atom. The van der Waals surface area contributed by atoms with Crippen LogP contribution in [0.1, 0.15) is 17.8 Å². The molecule has 0 amide bonds. The van der Waals surface area contributed by atoms with Crippen LogP contribution in [0.3, 0.4) is 0 Å². The highest BCUT2D eigenvalue weighted by Crippen LogP contribution is 2.44. The van der Waals surface area contributed by atoms with Crippen LogP contribution in [0.15, 0.2) is 22.6 Å². The molecule has 2 bridgehead atoms. The number of rotatable bonds is 2. The van der Waals surface area contributed by atoms with E-state index in [1.54, 1.807) is 0 Å². The summed E-state index contributed by atoms with van der Waals surface area (Å²) in [4.78, 5) is 17.4. The van der Waals surface area contributed by atoms with E-state index >= 15 is 0 Å². The van der Waals surface area contributed by atoms with E-state index in [0.717, 1.165) is 6.08 Å². The van der Waals surface area contributed by atoms with Gasteiger partial charge in [0.2, 0.25) is 10.0 Å². The molecule has 0 unspecified atom stereocenters. The van der Waals surface area contributed by atoms with Crippen LogP contribution in [0.4, 0.5) is 0 Å². The normalized spacial score (nSPS) is 16.8. The highest BCUT2D eigenvalue weighted by molar-refractivity contribution is 7.93. The standard InChI is InChI=1S/C11H8N4O6S/c12-22(20,21)6-2-1-4-3-5(6)9(15(18)19)8-7(4)13-10(16)11(17)14-8/h1-2H,3H2,(H,13,16)(H,14,17)(H2,12,20,21). The van der Waals surface area contributed by atoms with Crippen LogP contribution in [-0.2, 0) is 10.0 Å². The summed E-state index contributed by atoms with van der Waals surface area (Å²) >= 11 is 0. The Morgan fingerprint density at radius 1 is 1.18 bits per heavy atom. The van der Waals surface area contributed by atoms with E-state index in [1.807, 2.05) is 0 Å². The molecule has 1 heterocycles. The first-order chi connectivity index (χ1) is 10.2. The summed E-state index contributed by atoms with van der Waals surface area (Å²) in [5.41, 5.74) is -0.630. The number of nitro groups is 1. The van der Waals surface area contributed by atoms with Crippen molar-refractivity contribution in [1.29, 1.82) is 0 Å². The molecule has 2 aliphatic rings. The second kappa shape index (κ2) is 4.35. The molecule has 114 valence electrons. The van der Waals surface area contributed by atoms with Crippen LogP contribution in [0, 0.1) is 10.1 Å². The fourth-order valence-corrected chi connectivity index (χ4v) is 3.16. The number of aromatic hydroxyl groups is 2. The lowest BCUT2D eigenvalue weighted by Crippen LogP contribution is -2.23. The van der Waals surface area contributed by atoms with Gasteiger partial charge in [0, 0.05) is 6.42 Å². The minimum atomic E-state index is -4.17. The lowest BCUT2D eigenvalue weighted by molar-refractivity contribution is -0.376. The first-order valence-corrected chi connectivity index (χ1v) is 7.37. The van der Waals surface area contributed by atoms with Gasteiger partial charge in [0.1, 0.15) is 5.69 Å². The van der Waals surface area contributed by atoms with Gasteiger partial charge in [-0.05, 0) is 11.6 Å². The first kappa shape index (κ1) is 14.2. The first-order valence-electron chi connectivity index (χ1n) is 5.82. The molecule has 11 heteroatoms. The van der Waals surface area contributed by atoms with Crippen LogP contribution >= 0.6 is 0 Å². The fourth-order valence-electron chi connectivity index (χ4n) is 2.39. The summed E-state index contributed by atoms with van der Waals surface area (Å²) in [7, 11) is -4.17. The van der Waals surface area contributed by atoms with Gasteiger partial charge in [-0.15, -0.1) is 0 Å². The zero-order chi connectivity index (χ0) is 16.2. The molecule has 0 radical (unpaired) electrons. The van der Waals surface area contributed by atoms with Gasteiger partial charge >= 0.3 is 5.70 Å². The Labute approximate surface area is 123 Å². The summed E-state index contributed by atoms with van der Waals surface area (Å²) in [5, 5.41) is 35.2. The smallest absolute Gasteiger partial charge is 0.302 e. The van der Waals surface area contributed by atoms with E-state index in [2.05, 4.69) is 9.97 Å². The summed E-state index contributed by atoms with van der Waals surface area (Å²) in [6.45, 7) is 0. The van der Waals surface area contributed by atoms with Crippen molar-refractivity contribution in [2.75, 3.05) is 0 Å². The van der Waals surface area contributed by atoms with Crippen LogP contribution in [0.2, 0.25) is 0 Å². The summed E-state index contributed by atoms with van der Waals surface area (Å²) in [6.07, 6.45) is 2.43. The third-order valence-electron chi connectivity index (χ3n) is 3.26. The number of fused-ring (bicyclic) bond motifs is 4. The largest absolute Gasteiger partial charge is 0.489 e. The Bertz CT molecular complexity index is 928. The predicted molar refractivity (Wildman–Crippen MR) is 73.1 cm³/mol. The lowest BCUT2D eigenvalue weighted by atomic mass is 9.88. The van der Waals surface area contributed by atoms with Crippen LogP contribution in [0.25, 0.3) is 11.3 Å². The minimum absolute atomic E-state index is 0.00969. The van der Waals surface area contributed by atoms with Crippen molar-refractivity contribution >= 4 is 21.3 Å². The van der Waals surface area contributed by atoms with Crippen molar-refractivity contribution < 1.29 is 23.6 Å². The molecule has 0 aromatic carbocycles. The van der Waals surface area contributed by atoms with Crippen LogP contribution in [0.5, 0.6) is 11.8 Å². The average molecular weight is 324 g/mol. The molecule has 1 aromatic heterocycles. The van der Waals surface area contributed by atoms with E-state index < -0.39 is 32.4 Å². The molecule has 2 aliphatic carbocycles. The second-order valence-electron chi connectivity index (χ2n) is 4.60. The van der Waals surface area contributed by atoms with Crippen LogP contribution < -0.4 is 5.14 Å². The van der Waals surface area contributed by atoms with E-state index in [9.17, 15) is 28.7 Å². The number of nitrogens with zero attached hydrogens (tertiary/aromatic N) is 3. The molecule has 3 rings (SSSR count). The number of hydrogen-bond donors (Lipinski definition) is 3. The maximum Gasteiger partial charge on any atom is 0.302 e. The van der Waals surface area contributed by atoms with E-state index in [-0.39, 0.29) is 28.3 Å². The maximum atomic E-state index is 11.6. The van der Waals surface area contributed by atoms with Gasteiger partial charge in [-0.2, -0.15) is 4.98 Å². The molecule has 10 nitrogen and oxygen atoms in total. The number of sulfonamides is 1. The molecule has 0 aliphatic heterocycles. The van der Waals surface area contributed by atoms with Gasteiger partial charge < -0.3 is 10.2 Å². The highest BCUT2D eigenvalue weighted by atomic mass is 32.2. The van der Waals surface area contributed by atoms with Gasteiger partial charge in [-0.1, -0.05) is 6.08 Å². The molecule has 0 saturated carbocycles. The van der Waals surface area contributed by atoms with E-state index in [1.165, 1.54) is 6.08 Å². The van der Waals surface area contributed by atoms with Crippen molar-refractivity contribution in [3.05, 3.63) is 44.1 Å². The Kier molecular flexibility index (Phi) is 2.80. The fraction of sp³-hybridized carbons (Fsp3) is 0.0909. The SMILES string of the molecule is NS(=O)(=O)C1=CC=C2CC1=C([N+](=O)[O-])c1nc(O)c(O)nc12. The Hall–Kier alpha value is -2.79. The monoisotopic (exact) mass is 324 g/mol. The highest BCUT2D eigenvalue weighted by Gasteiger charge is 2.39. The summed E-state index contributed by atoms with van der Waals surface area (Å²) in [5.74, 6) is -1.66. The number of nitrogens with two attached hydrogens (primary N) is 1. The Morgan fingerprint density at radius 2 is 1.77 bits per heavy atom. The van der Waals surface area contributed by atoms with Crippen LogP contribution in [-0.4, -0.2) is 33.5 Å². The molecule has 22 heavy (non-hydrogen) atoms. The molecule has 0 spiro atoms. The van der Waals surface area contributed by atoms with Gasteiger partial charge in [0.25, 0.3) is 11.8 Å². The zero-order valence-electron chi connectivity index (χ0n) is 10.7. The molecular weight excluding hydrogens is 316 g/mol. The molecule has 0 fully saturated rings. The van der Waals surface area contributed by atoms with Crippen molar-refractivity contribution in [3.8, 4) is 11.8 Å². The van der Waals surface area contributed by atoms with E-state index in [4.69, 9.17) is 5.14 Å². The number of allylic oxidation sites excluding steroid dienone is 4. The third kappa shape index (κ3) is 1.95.